The molecule has 0 radical (unpaired) electrons. The van der Waals surface area contributed by atoms with Crippen molar-refractivity contribution in [2.45, 2.75) is 39.3 Å². The second-order valence-corrected chi connectivity index (χ2v) is 9.81. The van der Waals surface area contributed by atoms with E-state index in [2.05, 4.69) is 40.9 Å². The molecule has 192 valence electrons. The van der Waals surface area contributed by atoms with Gasteiger partial charge in [0.05, 0.1) is 24.8 Å². The standard InChI is InChI=1S/C30H32FN3O3/c1-20-5-7-23(8-6-20)28(25-19-24(31)9-10-27(25)35)33-29(36)26-18-22(17-21(2)32-26)11-12-30(3,4)34-13-15-37-16-14-34/h5-10,17-19,28,35H,13-16H2,1-4H3,(H,33,36). The number of aryl methyl sites for hydroxylation is 2. The van der Waals surface area contributed by atoms with Crippen LogP contribution in [0.2, 0.25) is 0 Å². The van der Waals surface area contributed by atoms with Crippen LogP contribution in [0.15, 0.2) is 54.6 Å². The summed E-state index contributed by atoms with van der Waals surface area (Å²) in [5.41, 5.74) is 3.19. The van der Waals surface area contributed by atoms with Crippen LogP contribution in [-0.2, 0) is 4.74 Å². The van der Waals surface area contributed by atoms with Crippen molar-refractivity contribution in [3.05, 3.63) is 94.1 Å². The Labute approximate surface area is 217 Å². The van der Waals surface area contributed by atoms with Crippen molar-refractivity contribution in [1.82, 2.24) is 15.2 Å². The van der Waals surface area contributed by atoms with Crippen LogP contribution in [0, 0.1) is 31.5 Å². The zero-order valence-corrected chi connectivity index (χ0v) is 21.6. The first-order chi connectivity index (χ1) is 17.6. The second-order valence-electron chi connectivity index (χ2n) is 9.81. The van der Waals surface area contributed by atoms with Gasteiger partial charge in [0, 0.05) is 29.9 Å². The molecule has 37 heavy (non-hydrogen) atoms. The maximum absolute atomic E-state index is 14.1. The molecule has 1 aromatic heterocycles. The van der Waals surface area contributed by atoms with Crippen LogP contribution >= 0.6 is 0 Å². The fourth-order valence-corrected chi connectivity index (χ4v) is 4.34. The predicted octanol–water partition coefficient (Wildman–Crippen LogP) is 4.52. The molecular weight excluding hydrogens is 469 g/mol. The highest BCUT2D eigenvalue weighted by molar-refractivity contribution is 5.93. The molecule has 0 spiro atoms. The Bertz CT molecular complexity index is 1340. The van der Waals surface area contributed by atoms with Crippen LogP contribution in [0.4, 0.5) is 4.39 Å². The van der Waals surface area contributed by atoms with Gasteiger partial charge in [0.1, 0.15) is 17.3 Å². The first-order valence-corrected chi connectivity index (χ1v) is 12.3. The van der Waals surface area contributed by atoms with E-state index in [4.69, 9.17) is 4.74 Å². The summed E-state index contributed by atoms with van der Waals surface area (Å²) in [6.07, 6.45) is 0. The van der Waals surface area contributed by atoms with Gasteiger partial charge in [0.15, 0.2) is 0 Å². The van der Waals surface area contributed by atoms with Crippen LogP contribution in [-0.4, -0.2) is 52.7 Å². The molecule has 4 rings (SSSR count). The van der Waals surface area contributed by atoms with E-state index < -0.39 is 17.8 Å². The number of phenolic OH excluding ortho intramolecular Hbond substituents is 1. The molecule has 3 aromatic rings. The molecular formula is C30H32FN3O3. The number of carbonyl (C=O) groups excluding carboxylic acids is 1. The maximum Gasteiger partial charge on any atom is 0.270 e. The zero-order chi connectivity index (χ0) is 26.6. The number of nitrogens with one attached hydrogen (secondary N) is 1. The van der Waals surface area contributed by atoms with E-state index in [1.54, 1.807) is 6.07 Å². The van der Waals surface area contributed by atoms with Crippen LogP contribution in [0.3, 0.4) is 0 Å². The molecule has 2 heterocycles. The predicted molar refractivity (Wildman–Crippen MR) is 141 cm³/mol. The van der Waals surface area contributed by atoms with E-state index in [9.17, 15) is 14.3 Å². The van der Waals surface area contributed by atoms with Gasteiger partial charge in [-0.15, -0.1) is 0 Å². The normalized spacial score (nSPS) is 14.9. The SMILES string of the molecule is Cc1ccc(C(NC(=O)c2cc(C#CC(C)(C)N3CCOCC3)cc(C)n2)c2cc(F)ccc2O)cc1. The van der Waals surface area contributed by atoms with Gasteiger partial charge in [-0.1, -0.05) is 41.7 Å². The molecule has 1 unspecified atom stereocenters. The summed E-state index contributed by atoms with van der Waals surface area (Å²) in [4.78, 5) is 20.1. The first kappa shape index (κ1) is 26.3. The lowest BCUT2D eigenvalue weighted by atomic mass is 9.96. The van der Waals surface area contributed by atoms with Gasteiger partial charge in [-0.3, -0.25) is 9.69 Å². The molecule has 1 amide bonds. The lowest BCUT2D eigenvalue weighted by molar-refractivity contribution is 0.00739. The van der Waals surface area contributed by atoms with E-state index in [1.165, 1.54) is 18.2 Å². The molecule has 1 fully saturated rings. The molecule has 0 bridgehead atoms. The van der Waals surface area contributed by atoms with Crippen LogP contribution in [0.5, 0.6) is 5.75 Å². The van der Waals surface area contributed by atoms with E-state index in [-0.39, 0.29) is 22.5 Å². The molecule has 7 heteroatoms. The Morgan fingerprint density at radius 1 is 1.11 bits per heavy atom. The lowest BCUT2D eigenvalue weighted by Crippen LogP contribution is -2.49. The number of rotatable bonds is 5. The Kier molecular flexibility index (Phi) is 7.91. The lowest BCUT2D eigenvalue weighted by Gasteiger charge is -2.37. The summed E-state index contributed by atoms with van der Waals surface area (Å²) in [5, 5.41) is 13.4. The van der Waals surface area contributed by atoms with Crippen molar-refractivity contribution in [2.24, 2.45) is 0 Å². The van der Waals surface area contributed by atoms with Crippen molar-refractivity contribution in [1.29, 1.82) is 0 Å². The summed E-state index contributed by atoms with van der Waals surface area (Å²) in [7, 11) is 0. The fourth-order valence-electron chi connectivity index (χ4n) is 4.34. The van der Waals surface area contributed by atoms with E-state index in [0.717, 1.165) is 18.7 Å². The van der Waals surface area contributed by atoms with Gasteiger partial charge in [-0.05, 0) is 63.6 Å². The quantitative estimate of drug-likeness (QED) is 0.503. The third-order valence-electron chi connectivity index (χ3n) is 6.49. The van der Waals surface area contributed by atoms with Crippen LogP contribution in [0.25, 0.3) is 0 Å². The molecule has 0 saturated carbocycles. The van der Waals surface area contributed by atoms with Crippen molar-refractivity contribution < 1.29 is 19.0 Å². The monoisotopic (exact) mass is 501 g/mol. The van der Waals surface area contributed by atoms with Crippen molar-refractivity contribution in [3.8, 4) is 17.6 Å². The van der Waals surface area contributed by atoms with Gasteiger partial charge < -0.3 is 15.2 Å². The number of hydrogen-bond acceptors (Lipinski definition) is 5. The summed E-state index contributed by atoms with van der Waals surface area (Å²) < 4.78 is 19.6. The maximum atomic E-state index is 14.1. The average molecular weight is 502 g/mol. The molecule has 1 aliphatic rings. The second kappa shape index (κ2) is 11.1. The number of amides is 1. The molecule has 1 atom stereocenters. The third kappa shape index (κ3) is 6.53. The summed E-state index contributed by atoms with van der Waals surface area (Å²) >= 11 is 0. The Hall–Kier alpha value is -3.73. The van der Waals surface area contributed by atoms with Crippen molar-refractivity contribution in [3.63, 3.8) is 0 Å². The summed E-state index contributed by atoms with van der Waals surface area (Å²) in [6, 6.07) is 13.9. The van der Waals surface area contributed by atoms with Gasteiger partial charge >= 0.3 is 0 Å². The Morgan fingerprint density at radius 2 is 1.81 bits per heavy atom. The third-order valence-corrected chi connectivity index (χ3v) is 6.49. The number of hydrogen-bond donors (Lipinski definition) is 2. The Balaban J connectivity index is 1.63. The van der Waals surface area contributed by atoms with Crippen molar-refractivity contribution in [2.75, 3.05) is 26.3 Å². The van der Waals surface area contributed by atoms with Crippen LogP contribution in [0.1, 0.15) is 58.3 Å². The number of aromatic hydroxyl groups is 1. The molecule has 1 aliphatic heterocycles. The highest BCUT2D eigenvalue weighted by atomic mass is 19.1. The number of phenols is 1. The number of morpholine rings is 1. The number of nitrogens with zero attached hydrogens (tertiary/aromatic N) is 2. The van der Waals surface area contributed by atoms with Gasteiger partial charge in [-0.2, -0.15) is 0 Å². The zero-order valence-electron chi connectivity index (χ0n) is 21.6. The fraction of sp³-hybridized carbons (Fsp3) is 0.333. The number of carbonyl (C=O) groups is 1. The van der Waals surface area contributed by atoms with Gasteiger partial charge in [-0.25, -0.2) is 9.37 Å². The molecule has 1 saturated heterocycles. The number of pyridine rings is 1. The van der Waals surface area contributed by atoms with E-state index in [1.807, 2.05) is 44.2 Å². The molecule has 2 N–H and O–H groups in total. The minimum Gasteiger partial charge on any atom is -0.508 e. The van der Waals surface area contributed by atoms with Crippen LogP contribution < -0.4 is 5.32 Å². The molecule has 6 nitrogen and oxygen atoms in total. The van der Waals surface area contributed by atoms with Gasteiger partial charge in [0.2, 0.25) is 0 Å². The molecule has 2 aromatic carbocycles. The Morgan fingerprint density at radius 3 is 2.51 bits per heavy atom. The minimum absolute atomic E-state index is 0.110. The highest BCUT2D eigenvalue weighted by Crippen LogP contribution is 2.30. The van der Waals surface area contributed by atoms with Gasteiger partial charge in [0.25, 0.3) is 5.91 Å². The largest absolute Gasteiger partial charge is 0.508 e. The number of benzene rings is 2. The topological polar surface area (TPSA) is 74.7 Å². The minimum atomic E-state index is -0.777. The van der Waals surface area contributed by atoms with Crippen molar-refractivity contribution >= 4 is 5.91 Å². The summed E-state index contributed by atoms with van der Waals surface area (Å²) in [5.74, 6) is 5.49. The first-order valence-electron chi connectivity index (χ1n) is 12.3. The molecule has 0 aliphatic carbocycles. The number of halogens is 1. The van der Waals surface area contributed by atoms with E-state index in [0.29, 0.717) is 30.0 Å². The smallest absolute Gasteiger partial charge is 0.270 e. The summed E-state index contributed by atoms with van der Waals surface area (Å²) in [6.45, 7) is 10.9. The highest BCUT2D eigenvalue weighted by Gasteiger charge is 2.26. The average Bonchev–Trinajstić information content (AvgIpc) is 2.88. The number of ether oxygens (including phenoxy) is 1. The number of aromatic nitrogens is 1. The van der Waals surface area contributed by atoms with E-state index >= 15 is 0 Å².